The van der Waals surface area contributed by atoms with Crippen molar-refractivity contribution in [2.24, 2.45) is 4.99 Å². The van der Waals surface area contributed by atoms with Crippen molar-refractivity contribution < 1.29 is 4.74 Å². The highest BCUT2D eigenvalue weighted by Gasteiger charge is 2.18. The Balaban J connectivity index is 0.00000196. The average molecular weight is 366 g/mol. The fraction of sp³-hybridized carbons (Fsp3) is 0.0952. The standard InChI is InChI=1S/C21H19N3O.ClH/c1-15-9-10-17(23-15)12-20-21(25-14-16-6-3-2-4-7-16)13-19(24-20)18-8-5-11-22-18;/h2-13,22-23H,14H2,1H3;1H/b20-12+;. The number of hydrogen-bond donors (Lipinski definition) is 2. The Morgan fingerprint density at radius 2 is 1.88 bits per heavy atom. The summed E-state index contributed by atoms with van der Waals surface area (Å²) in [5, 5.41) is 0. The Kier molecular flexibility index (Phi) is 5.44. The summed E-state index contributed by atoms with van der Waals surface area (Å²) in [5.74, 6) is 0.778. The van der Waals surface area contributed by atoms with Crippen LogP contribution < -0.4 is 0 Å². The number of nitrogens with zero attached hydrogens (tertiary/aromatic N) is 1. The fourth-order valence-electron chi connectivity index (χ4n) is 2.75. The number of nitrogens with one attached hydrogen (secondary N) is 2. The first-order valence-corrected chi connectivity index (χ1v) is 8.26. The van der Waals surface area contributed by atoms with E-state index in [2.05, 4.69) is 22.1 Å². The maximum atomic E-state index is 6.06. The van der Waals surface area contributed by atoms with Gasteiger partial charge in [0.1, 0.15) is 18.1 Å². The van der Waals surface area contributed by atoms with Gasteiger partial charge in [-0.3, -0.25) is 0 Å². The number of H-pyrrole nitrogens is 2. The molecule has 0 saturated heterocycles. The molecule has 0 bridgehead atoms. The summed E-state index contributed by atoms with van der Waals surface area (Å²) in [5.41, 5.74) is 5.94. The third kappa shape index (κ3) is 3.98. The van der Waals surface area contributed by atoms with E-state index in [0.29, 0.717) is 6.61 Å². The van der Waals surface area contributed by atoms with Gasteiger partial charge in [-0.1, -0.05) is 30.3 Å². The fourth-order valence-corrected chi connectivity index (χ4v) is 2.75. The Hall–Kier alpha value is -2.98. The Labute approximate surface area is 158 Å². The molecule has 0 radical (unpaired) electrons. The zero-order valence-corrected chi connectivity index (χ0v) is 15.2. The number of halogens is 1. The predicted molar refractivity (Wildman–Crippen MR) is 107 cm³/mol. The van der Waals surface area contributed by atoms with Crippen molar-refractivity contribution in [3.63, 3.8) is 0 Å². The first kappa shape index (κ1) is 17.8. The first-order chi connectivity index (χ1) is 12.3. The highest BCUT2D eigenvalue weighted by molar-refractivity contribution is 6.11. The van der Waals surface area contributed by atoms with Gasteiger partial charge in [0.25, 0.3) is 0 Å². The minimum Gasteiger partial charge on any atom is -0.487 e. The maximum absolute atomic E-state index is 6.06. The van der Waals surface area contributed by atoms with Crippen LogP contribution in [0.1, 0.15) is 22.6 Å². The van der Waals surface area contributed by atoms with Crippen LogP contribution in [0.25, 0.3) is 6.08 Å². The van der Waals surface area contributed by atoms with E-state index >= 15 is 0 Å². The van der Waals surface area contributed by atoms with E-state index in [1.807, 2.05) is 67.7 Å². The molecule has 0 aliphatic carbocycles. The van der Waals surface area contributed by atoms with Gasteiger partial charge in [-0.05, 0) is 42.8 Å². The molecule has 0 atom stereocenters. The molecule has 4 rings (SSSR count). The molecule has 0 spiro atoms. The molecule has 0 saturated carbocycles. The summed E-state index contributed by atoms with van der Waals surface area (Å²) in [4.78, 5) is 11.2. The van der Waals surface area contributed by atoms with Crippen molar-refractivity contribution in [1.29, 1.82) is 0 Å². The lowest BCUT2D eigenvalue weighted by atomic mass is 10.2. The molecule has 1 aromatic carbocycles. The molecular weight excluding hydrogens is 346 g/mol. The number of aromatic amines is 2. The van der Waals surface area contributed by atoms with Crippen LogP contribution in [0.3, 0.4) is 0 Å². The van der Waals surface area contributed by atoms with E-state index in [0.717, 1.165) is 39.8 Å². The number of hydrogen-bond acceptors (Lipinski definition) is 2. The zero-order chi connectivity index (χ0) is 17.1. The van der Waals surface area contributed by atoms with E-state index in [1.54, 1.807) is 0 Å². The van der Waals surface area contributed by atoms with Crippen LogP contribution in [0.4, 0.5) is 0 Å². The van der Waals surface area contributed by atoms with Crippen molar-refractivity contribution in [1.82, 2.24) is 9.97 Å². The Morgan fingerprint density at radius 3 is 2.58 bits per heavy atom. The van der Waals surface area contributed by atoms with Crippen molar-refractivity contribution in [2.45, 2.75) is 13.5 Å². The van der Waals surface area contributed by atoms with Gasteiger partial charge in [0, 0.05) is 23.7 Å². The van der Waals surface area contributed by atoms with E-state index in [4.69, 9.17) is 9.73 Å². The van der Waals surface area contributed by atoms with Crippen LogP contribution in [0, 0.1) is 6.92 Å². The predicted octanol–water partition coefficient (Wildman–Crippen LogP) is 5.02. The Bertz CT molecular complexity index is 950. The van der Waals surface area contributed by atoms with E-state index < -0.39 is 0 Å². The molecular formula is C21H20ClN3O. The molecule has 1 aliphatic rings. The number of ether oxygens (including phenoxy) is 1. The number of allylic oxidation sites excluding steroid dienone is 1. The lowest BCUT2D eigenvalue weighted by Gasteiger charge is -2.07. The van der Waals surface area contributed by atoms with Crippen LogP contribution >= 0.6 is 12.4 Å². The van der Waals surface area contributed by atoms with Crippen LogP contribution in [-0.4, -0.2) is 15.7 Å². The summed E-state index contributed by atoms with van der Waals surface area (Å²) in [7, 11) is 0. The first-order valence-electron chi connectivity index (χ1n) is 8.26. The van der Waals surface area contributed by atoms with Crippen LogP contribution in [0.5, 0.6) is 0 Å². The summed E-state index contributed by atoms with van der Waals surface area (Å²) >= 11 is 0. The summed E-state index contributed by atoms with van der Waals surface area (Å²) in [6.45, 7) is 2.55. The third-order valence-corrected chi connectivity index (χ3v) is 4.02. The van der Waals surface area contributed by atoms with Crippen molar-refractivity contribution >= 4 is 24.2 Å². The molecule has 5 heteroatoms. The average Bonchev–Trinajstić information content (AvgIpc) is 3.36. The molecule has 0 amide bonds. The summed E-state index contributed by atoms with van der Waals surface area (Å²) in [6, 6.07) is 18.2. The molecule has 0 unspecified atom stereocenters. The van der Waals surface area contributed by atoms with Gasteiger partial charge in [0.15, 0.2) is 0 Å². The molecule has 0 fully saturated rings. The summed E-state index contributed by atoms with van der Waals surface area (Å²) < 4.78 is 6.06. The van der Waals surface area contributed by atoms with Gasteiger partial charge in [0.05, 0.1) is 11.4 Å². The van der Waals surface area contributed by atoms with Crippen molar-refractivity contribution in [3.05, 3.63) is 101 Å². The molecule has 3 heterocycles. The van der Waals surface area contributed by atoms with Crippen LogP contribution in [-0.2, 0) is 11.3 Å². The maximum Gasteiger partial charge on any atom is 0.147 e. The van der Waals surface area contributed by atoms with E-state index in [-0.39, 0.29) is 12.4 Å². The third-order valence-electron chi connectivity index (χ3n) is 4.02. The molecule has 2 aromatic heterocycles. The monoisotopic (exact) mass is 365 g/mol. The molecule has 2 N–H and O–H groups in total. The second-order valence-corrected chi connectivity index (χ2v) is 5.99. The molecule has 4 nitrogen and oxygen atoms in total. The van der Waals surface area contributed by atoms with Gasteiger partial charge < -0.3 is 14.7 Å². The highest BCUT2D eigenvalue weighted by Crippen LogP contribution is 2.26. The van der Waals surface area contributed by atoms with Gasteiger partial charge >= 0.3 is 0 Å². The lowest BCUT2D eigenvalue weighted by molar-refractivity contribution is 0.208. The quantitative estimate of drug-likeness (QED) is 0.655. The second kappa shape index (κ2) is 7.93. The van der Waals surface area contributed by atoms with Crippen molar-refractivity contribution in [3.8, 4) is 0 Å². The largest absolute Gasteiger partial charge is 0.487 e. The Morgan fingerprint density at radius 1 is 1.04 bits per heavy atom. The zero-order valence-electron chi connectivity index (χ0n) is 14.4. The van der Waals surface area contributed by atoms with Gasteiger partial charge in [-0.25, -0.2) is 4.99 Å². The SMILES string of the molecule is Cc1ccc(/C=C2/N=C(c3ccc[nH]3)C=C2OCc2ccccc2)[nH]1.Cl. The van der Waals surface area contributed by atoms with Crippen molar-refractivity contribution in [2.75, 3.05) is 0 Å². The van der Waals surface area contributed by atoms with Gasteiger partial charge in [0.2, 0.25) is 0 Å². The smallest absolute Gasteiger partial charge is 0.147 e. The minimum absolute atomic E-state index is 0. The molecule has 1 aliphatic heterocycles. The van der Waals surface area contributed by atoms with Gasteiger partial charge in [-0.15, -0.1) is 12.4 Å². The number of aliphatic imine (C=N–C) groups is 1. The molecule has 132 valence electrons. The molecule has 3 aromatic rings. The second-order valence-electron chi connectivity index (χ2n) is 5.99. The number of aryl methyl sites for hydroxylation is 1. The van der Waals surface area contributed by atoms with Gasteiger partial charge in [-0.2, -0.15) is 0 Å². The number of aromatic nitrogens is 2. The van der Waals surface area contributed by atoms with E-state index in [1.165, 1.54) is 0 Å². The number of benzene rings is 1. The highest BCUT2D eigenvalue weighted by atomic mass is 35.5. The van der Waals surface area contributed by atoms with Crippen LogP contribution in [0.2, 0.25) is 0 Å². The topological polar surface area (TPSA) is 53.2 Å². The summed E-state index contributed by atoms with van der Waals surface area (Å²) in [6.07, 6.45) is 5.89. The van der Waals surface area contributed by atoms with Crippen LogP contribution in [0.15, 0.2) is 83.3 Å². The van der Waals surface area contributed by atoms with E-state index in [9.17, 15) is 0 Å². The minimum atomic E-state index is 0. The molecule has 26 heavy (non-hydrogen) atoms. The lowest BCUT2D eigenvalue weighted by Crippen LogP contribution is -1.95. The normalized spacial score (nSPS) is 14.7. The number of rotatable bonds is 5.